The van der Waals surface area contributed by atoms with Gasteiger partial charge < -0.3 is 4.74 Å². The van der Waals surface area contributed by atoms with Crippen LogP contribution >= 0.6 is 0 Å². The van der Waals surface area contributed by atoms with Crippen molar-refractivity contribution in [3.63, 3.8) is 0 Å². The maximum absolute atomic E-state index is 11.2. The van der Waals surface area contributed by atoms with Gasteiger partial charge in [0, 0.05) is 22.6 Å². The van der Waals surface area contributed by atoms with Gasteiger partial charge in [-0.3, -0.25) is 0 Å². The average Bonchev–Trinajstić information content (AvgIpc) is 2.62. The first-order valence-electron chi connectivity index (χ1n) is 4.28. The van der Waals surface area contributed by atoms with Crippen LogP contribution in [0.5, 0.6) is 0 Å². The van der Waals surface area contributed by atoms with E-state index >= 15 is 0 Å². The number of carbonyl (C=O) groups is 1. The molecule has 2 aliphatic rings. The SMILES string of the molecule is [N-]=[N+]=N/C=C1/C(=O)O[C@H]2CCC[C@@H]12. The van der Waals surface area contributed by atoms with Crippen molar-refractivity contribution in [2.24, 2.45) is 11.0 Å². The number of nitrogens with zero attached hydrogens (tertiary/aromatic N) is 3. The third-order valence-corrected chi connectivity index (χ3v) is 2.59. The molecule has 0 unspecified atom stereocenters. The smallest absolute Gasteiger partial charge is 0.334 e. The van der Waals surface area contributed by atoms with E-state index in [-0.39, 0.29) is 18.0 Å². The van der Waals surface area contributed by atoms with Gasteiger partial charge >= 0.3 is 5.97 Å². The zero-order chi connectivity index (χ0) is 9.26. The van der Waals surface area contributed by atoms with Crippen molar-refractivity contribution < 1.29 is 9.53 Å². The van der Waals surface area contributed by atoms with Crippen LogP contribution in [0.4, 0.5) is 0 Å². The lowest BCUT2D eigenvalue weighted by molar-refractivity contribution is -0.138. The Bertz CT molecular complexity index is 317. The second-order valence-corrected chi connectivity index (χ2v) is 3.27. The van der Waals surface area contributed by atoms with Gasteiger partial charge in [0.15, 0.2) is 0 Å². The fourth-order valence-electron chi connectivity index (χ4n) is 2.02. The Hall–Kier alpha value is -1.48. The summed E-state index contributed by atoms with van der Waals surface area (Å²) in [6.45, 7) is 0. The molecule has 0 amide bonds. The molecule has 0 aromatic carbocycles. The van der Waals surface area contributed by atoms with Gasteiger partial charge in [0.25, 0.3) is 0 Å². The number of rotatable bonds is 1. The minimum absolute atomic E-state index is 0.0349. The monoisotopic (exact) mass is 179 g/mol. The predicted molar refractivity (Wildman–Crippen MR) is 44.5 cm³/mol. The molecule has 1 aliphatic carbocycles. The fraction of sp³-hybridized carbons (Fsp3) is 0.625. The van der Waals surface area contributed by atoms with Crippen LogP contribution < -0.4 is 0 Å². The molecule has 5 nitrogen and oxygen atoms in total. The van der Waals surface area contributed by atoms with Crippen molar-refractivity contribution >= 4 is 5.97 Å². The number of ether oxygens (including phenoxy) is 1. The van der Waals surface area contributed by atoms with Gasteiger partial charge in [0.05, 0.1) is 0 Å². The van der Waals surface area contributed by atoms with E-state index in [0.717, 1.165) is 19.3 Å². The van der Waals surface area contributed by atoms with E-state index in [4.69, 9.17) is 10.3 Å². The van der Waals surface area contributed by atoms with Crippen molar-refractivity contribution in [2.75, 3.05) is 0 Å². The summed E-state index contributed by atoms with van der Waals surface area (Å²) >= 11 is 0. The molecule has 68 valence electrons. The highest BCUT2D eigenvalue weighted by Gasteiger charge is 2.42. The molecular formula is C8H9N3O2. The van der Waals surface area contributed by atoms with Gasteiger partial charge in [-0.15, -0.1) is 0 Å². The number of esters is 1. The molecule has 2 atom stereocenters. The molecule has 0 bridgehead atoms. The van der Waals surface area contributed by atoms with Crippen molar-refractivity contribution in [1.29, 1.82) is 0 Å². The van der Waals surface area contributed by atoms with Gasteiger partial charge in [-0.25, -0.2) is 4.79 Å². The Morgan fingerprint density at radius 1 is 1.62 bits per heavy atom. The van der Waals surface area contributed by atoms with Gasteiger partial charge in [0.1, 0.15) is 6.10 Å². The van der Waals surface area contributed by atoms with Crippen LogP contribution in [-0.2, 0) is 9.53 Å². The molecule has 2 fully saturated rings. The summed E-state index contributed by atoms with van der Waals surface area (Å²) in [4.78, 5) is 13.8. The summed E-state index contributed by atoms with van der Waals surface area (Å²) < 4.78 is 5.10. The molecule has 0 spiro atoms. The summed E-state index contributed by atoms with van der Waals surface area (Å²) in [6, 6.07) is 0. The van der Waals surface area contributed by atoms with E-state index in [1.165, 1.54) is 6.20 Å². The van der Waals surface area contributed by atoms with Crippen LogP contribution in [0.25, 0.3) is 10.4 Å². The topological polar surface area (TPSA) is 75.1 Å². The highest BCUT2D eigenvalue weighted by molar-refractivity contribution is 5.91. The molecule has 1 heterocycles. The van der Waals surface area contributed by atoms with E-state index in [1.54, 1.807) is 0 Å². The largest absolute Gasteiger partial charge is 0.458 e. The van der Waals surface area contributed by atoms with Crippen molar-refractivity contribution in [3.8, 4) is 0 Å². The third kappa shape index (κ3) is 1.27. The van der Waals surface area contributed by atoms with Gasteiger partial charge in [-0.2, -0.15) is 0 Å². The van der Waals surface area contributed by atoms with Crippen molar-refractivity contribution in [1.82, 2.24) is 0 Å². The van der Waals surface area contributed by atoms with Gasteiger partial charge in [-0.1, -0.05) is 5.11 Å². The first kappa shape index (κ1) is 8.13. The molecule has 5 heteroatoms. The van der Waals surface area contributed by atoms with E-state index in [9.17, 15) is 4.79 Å². The quantitative estimate of drug-likeness (QED) is 0.203. The number of carbonyl (C=O) groups excluding carboxylic acids is 1. The molecule has 0 aromatic heterocycles. The first-order chi connectivity index (χ1) is 6.33. The zero-order valence-electron chi connectivity index (χ0n) is 7.01. The van der Waals surface area contributed by atoms with E-state index in [0.29, 0.717) is 5.57 Å². The van der Waals surface area contributed by atoms with Crippen molar-refractivity contribution in [3.05, 3.63) is 22.2 Å². The highest BCUT2D eigenvalue weighted by atomic mass is 16.6. The van der Waals surface area contributed by atoms with Crippen LogP contribution in [0.3, 0.4) is 0 Å². The Balaban J connectivity index is 2.26. The lowest BCUT2D eigenvalue weighted by Gasteiger charge is -2.04. The molecule has 13 heavy (non-hydrogen) atoms. The zero-order valence-corrected chi connectivity index (χ0v) is 7.01. The Kier molecular flexibility index (Phi) is 1.94. The van der Waals surface area contributed by atoms with Crippen LogP contribution in [0.2, 0.25) is 0 Å². The van der Waals surface area contributed by atoms with E-state index in [1.807, 2.05) is 0 Å². The van der Waals surface area contributed by atoms with Crippen LogP contribution in [0.15, 0.2) is 16.9 Å². The Labute approximate surface area is 75.0 Å². The maximum Gasteiger partial charge on any atom is 0.334 e. The van der Waals surface area contributed by atoms with Crippen LogP contribution in [0.1, 0.15) is 19.3 Å². The molecular weight excluding hydrogens is 170 g/mol. The lowest BCUT2D eigenvalue weighted by Crippen LogP contribution is -2.07. The summed E-state index contributed by atoms with van der Waals surface area (Å²) in [5.41, 5.74) is 8.66. The molecule has 0 radical (unpaired) electrons. The second-order valence-electron chi connectivity index (χ2n) is 3.27. The van der Waals surface area contributed by atoms with Gasteiger partial charge in [0.2, 0.25) is 0 Å². The molecule has 0 N–H and O–H groups in total. The van der Waals surface area contributed by atoms with E-state index < -0.39 is 0 Å². The predicted octanol–water partition coefficient (Wildman–Crippen LogP) is 1.91. The first-order valence-corrected chi connectivity index (χ1v) is 4.28. The normalized spacial score (nSPS) is 34.2. The van der Waals surface area contributed by atoms with Crippen LogP contribution in [0, 0.1) is 5.92 Å². The summed E-state index contributed by atoms with van der Waals surface area (Å²) in [5, 5.41) is 3.28. The van der Waals surface area contributed by atoms with Crippen molar-refractivity contribution in [2.45, 2.75) is 25.4 Å². The van der Waals surface area contributed by atoms with Gasteiger partial charge in [-0.05, 0) is 24.8 Å². The minimum Gasteiger partial charge on any atom is -0.458 e. The lowest BCUT2D eigenvalue weighted by atomic mass is 10.00. The number of azide groups is 1. The molecule has 1 aliphatic heterocycles. The molecule has 2 rings (SSSR count). The molecule has 1 saturated heterocycles. The standard InChI is InChI=1S/C8H9N3O2/c9-11-10-4-6-5-2-1-3-7(5)13-8(6)12/h4-5,7H,1-3H2/b6-4+/t5-,7-/m0/s1. The Morgan fingerprint density at radius 2 is 2.46 bits per heavy atom. The highest BCUT2D eigenvalue weighted by Crippen LogP contribution is 2.39. The molecule has 1 saturated carbocycles. The summed E-state index contributed by atoms with van der Waals surface area (Å²) in [7, 11) is 0. The number of hydrogen-bond donors (Lipinski definition) is 0. The van der Waals surface area contributed by atoms with E-state index in [2.05, 4.69) is 10.0 Å². The summed E-state index contributed by atoms with van der Waals surface area (Å²) in [5.74, 6) is -0.153. The Morgan fingerprint density at radius 3 is 3.23 bits per heavy atom. The number of hydrogen-bond acceptors (Lipinski definition) is 3. The third-order valence-electron chi connectivity index (χ3n) is 2.59. The minimum atomic E-state index is -0.317. The summed E-state index contributed by atoms with van der Waals surface area (Å²) in [6.07, 6.45) is 4.30. The fourth-order valence-corrected chi connectivity index (χ4v) is 2.02. The maximum atomic E-state index is 11.2. The average molecular weight is 179 g/mol. The number of fused-ring (bicyclic) bond motifs is 1. The second kappa shape index (κ2) is 3.11. The molecule has 0 aromatic rings. The van der Waals surface area contributed by atoms with Crippen LogP contribution in [-0.4, -0.2) is 12.1 Å².